The summed E-state index contributed by atoms with van der Waals surface area (Å²) in [6, 6.07) is 10.2. The standard InChI is InChI=1S/C24H39O6PS/c1-4-7-15-26-21-20(18-29-31-25)30-24(32-19-13-11-10-12-14-19)23(28-17-9-6-3)22(21)27-16-8-5-2/h10-14,20-24H,4-9,15-18H2,1-3H3/t20?,21-,22+,23?,24-/m1/s1. The van der Waals surface area contributed by atoms with E-state index in [4.69, 9.17) is 23.5 Å². The third-order valence-corrected chi connectivity index (χ3v) is 6.71. The van der Waals surface area contributed by atoms with Crippen molar-refractivity contribution >= 4 is 20.4 Å². The highest BCUT2D eigenvalue weighted by atomic mass is 32.2. The van der Waals surface area contributed by atoms with Gasteiger partial charge in [0.05, 0.1) is 6.61 Å². The maximum atomic E-state index is 11.0. The van der Waals surface area contributed by atoms with Gasteiger partial charge in [-0.25, -0.2) is 4.57 Å². The summed E-state index contributed by atoms with van der Waals surface area (Å²) in [7, 11) is -0.365. The van der Waals surface area contributed by atoms with E-state index in [-0.39, 0.29) is 39.0 Å². The van der Waals surface area contributed by atoms with Crippen LogP contribution < -0.4 is 0 Å². The molecule has 5 atom stereocenters. The van der Waals surface area contributed by atoms with Crippen LogP contribution in [0.5, 0.6) is 0 Å². The molecule has 182 valence electrons. The Balaban J connectivity index is 2.29. The number of thioether (sulfide) groups is 1. The average Bonchev–Trinajstić information content (AvgIpc) is 2.81. The van der Waals surface area contributed by atoms with Gasteiger partial charge in [-0.05, 0) is 31.4 Å². The van der Waals surface area contributed by atoms with Crippen LogP contribution in [0.1, 0.15) is 59.3 Å². The highest BCUT2D eigenvalue weighted by Gasteiger charge is 2.48. The quantitative estimate of drug-likeness (QED) is 0.190. The molecule has 8 heteroatoms. The fourth-order valence-electron chi connectivity index (χ4n) is 3.50. The normalized spacial score (nSPS) is 25.9. The van der Waals surface area contributed by atoms with Gasteiger partial charge in [0.25, 0.3) is 0 Å². The van der Waals surface area contributed by atoms with Crippen molar-refractivity contribution in [2.24, 2.45) is 0 Å². The molecule has 2 unspecified atom stereocenters. The zero-order valence-corrected chi connectivity index (χ0v) is 21.4. The van der Waals surface area contributed by atoms with Gasteiger partial charge in [0, 0.05) is 24.7 Å². The molecule has 0 aliphatic carbocycles. The molecule has 0 amide bonds. The van der Waals surface area contributed by atoms with Gasteiger partial charge < -0.3 is 18.9 Å². The molecule has 0 aromatic heterocycles. The third kappa shape index (κ3) is 9.38. The lowest BCUT2D eigenvalue weighted by Gasteiger charge is -2.45. The Labute approximate surface area is 199 Å². The number of hydrogen-bond donors (Lipinski definition) is 0. The minimum atomic E-state index is -0.396. The van der Waals surface area contributed by atoms with E-state index in [1.54, 1.807) is 11.8 Å². The summed E-state index contributed by atoms with van der Waals surface area (Å²) in [5, 5.41) is 0. The van der Waals surface area contributed by atoms with E-state index in [1.165, 1.54) is 0 Å². The zero-order chi connectivity index (χ0) is 23.0. The Hall–Kier alpha value is -0.530. The van der Waals surface area contributed by atoms with Gasteiger partial charge in [-0.3, -0.25) is 4.52 Å². The molecule has 0 bridgehead atoms. The number of ether oxygens (including phenoxy) is 4. The number of unbranched alkanes of at least 4 members (excludes halogenated alkanes) is 3. The van der Waals surface area contributed by atoms with Crippen LogP contribution in [0.2, 0.25) is 0 Å². The molecule has 1 heterocycles. The summed E-state index contributed by atoms with van der Waals surface area (Å²) in [5.74, 6) is 0. The maximum absolute atomic E-state index is 11.0. The van der Waals surface area contributed by atoms with Crippen molar-refractivity contribution < 1.29 is 28.0 Å². The molecule has 2 rings (SSSR count). The summed E-state index contributed by atoms with van der Waals surface area (Å²) < 4.78 is 41.8. The van der Waals surface area contributed by atoms with Crippen molar-refractivity contribution in [3.63, 3.8) is 0 Å². The van der Waals surface area contributed by atoms with Gasteiger partial charge in [-0.1, -0.05) is 70.0 Å². The average molecular weight is 487 g/mol. The van der Waals surface area contributed by atoms with Crippen LogP contribution in [0.15, 0.2) is 35.2 Å². The predicted octanol–water partition coefficient (Wildman–Crippen LogP) is 6.28. The molecule has 1 saturated heterocycles. The molecular weight excluding hydrogens is 447 g/mol. The second-order valence-corrected chi connectivity index (χ2v) is 9.49. The van der Waals surface area contributed by atoms with Gasteiger partial charge in [0.15, 0.2) is 0 Å². The fraction of sp³-hybridized carbons (Fsp3) is 0.750. The third-order valence-electron chi connectivity index (χ3n) is 5.30. The number of benzene rings is 1. The van der Waals surface area contributed by atoms with Crippen LogP contribution >= 0.6 is 20.4 Å². The summed E-state index contributed by atoms with van der Waals surface area (Å²) in [4.78, 5) is 1.10. The Kier molecular flexibility index (Phi) is 14.7. The van der Waals surface area contributed by atoms with Crippen LogP contribution in [0.25, 0.3) is 0 Å². The van der Waals surface area contributed by atoms with Crippen molar-refractivity contribution in [3.05, 3.63) is 30.3 Å². The largest absolute Gasteiger partial charge is 0.373 e. The van der Waals surface area contributed by atoms with Gasteiger partial charge in [-0.2, -0.15) is 0 Å². The molecule has 0 spiro atoms. The molecular formula is C24H39O6PS. The Morgan fingerprint density at radius 1 is 0.844 bits per heavy atom. The van der Waals surface area contributed by atoms with Crippen LogP contribution in [-0.4, -0.2) is 56.3 Å². The second kappa shape index (κ2) is 17.0. The van der Waals surface area contributed by atoms with Crippen molar-refractivity contribution in [1.82, 2.24) is 0 Å². The van der Waals surface area contributed by atoms with Crippen molar-refractivity contribution in [2.45, 2.75) is 94.0 Å². The van der Waals surface area contributed by atoms with Gasteiger partial charge in [0.1, 0.15) is 29.9 Å². The molecule has 1 aromatic carbocycles. The van der Waals surface area contributed by atoms with E-state index in [1.807, 2.05) is 18.2 Å². The van der Waals surface area contributed by atoms with E-state index < -0.39 is 6.10 Å². The fourth-order valence-corrected chi connectivity index (χ4v) is 4.86. The Bertz CT molecular complexity index is 607. The van der Waals surface area contributed by atoms with Crippen molar-refractivity contribution in [1.29, 1.82) is 0 Å². The van der Waals surface area contributed by atoms with E-state index >= 15 is 0 Å². The molecule has 1 fully saturated rings. The monoisotopic (exact) mass is 486 g/mol. The van der Waals surface area contributed by atoms with E-state index in [2.05, 4.69) is 32.9 Å². The minimum absolute atomic E-state index is 0.170. The summed E-state index contributed by atoms with van der Waals surface area (Å²) >= 11 is 1.62. The lowest BCUT2D eigenvalue weighted by Crippen LogP contribution is -2.60. The minimum Gasteiger partial charge on any atom is -0.373 e. The van der Waals surface area contributed by atoms with Crippen molar-refractivity contribution in [2.75, 3.05) is 26.4 Å². The van der Waals surface area contributed by atoms with Crippen LogP contribution in [-0.2, 0) is 28.0 Å². The van der Waals surface area contributed by atoms with Crippen LogP contribution in [0.3, 0.4) is 0 Å². The SMILES string of the molecule is CCCCOC1[C@@H](Sc2ccccc2)OC(COP=O)[C@@H](OCCCC)[C@@H]1OCCCC. The number of rotatable bonds is 17. The molecule has 1 aliphatic rings. The summed E-state index contributed by atoms with van der Waals surface area (Å²) in [6.07, 6.45) is 4.73. The number of hydrogen-bond acceptors (Lipinski definition) is 7. The molecule has 0 radical (unpaired) electrons. The molecule has 1 aromatic rings. The van der Waals surface area contributed by atoms with Crippen molar-refractivity contribution in [3.8, 4) is 0 Å². The molecule has 32 heavy (non-hydrogen) atoms. The summed E-state index contributed by atoms with van der Waals surface area (Å²) in [6.45, 7) is 8.50. The molecule has 0 saturated carbocycles. The highest BCUT2D eigenvalue weighted by Crippen LogP contribution is 2.37. The van der Waals surface area contributed by atoms with E-state index in [0.717, 1.165) is 43.4 Å². The first-order valence-electron chi connectivity index (χ1n) is 11.9. The lowest BCUT2D eigenvalue weighted by atomic mass is 9.99. The lowest BCUT2D eigenvalue weighted by molar-refractivity contribution is -0.243. The first-order chi connectivity index (χ1) is 15.7. The van der Waals surface area contributed by atoms with Crippen LogP contribution in [0, 0.1) is 0 Å². The molecule has 0 N–H and O–H groups in total. The molecule has 6 nitrogen and oxygen atoms in total. The summed E-state index contributed by atoms with van der Waals surface area (Å²) in [5.41, 5.74) is -0.288. The zero-order valence-electron chi connectivity index (χ0n) is 19.6. The van der Waals surface area contributed by atoms with Gasteiger partial charge >= 0.3 is 8.69 Å². The highest BCUT2D eigenvalue weighted by molar-refractivity contribution is 7.99. The topological polar surface area (TPSA) is 63.2 Å². The second-order valence-electron chi connectivity index (χ2n) is 7.91. The Morgan fingerprint density at radius 2 is 1.41 bits per heavy atom. The van der Waals surface area contributed by atoms with E-state index in [0.29, 0.717) is 19.8 Å². The first kappa shape index (κ1) is 27.7. The smallest absolute Gasteiger partial charge is 0.327 e. The van der Waals surface area contributed by atoms with Crippen LogP contribution in [0.4, 0.5) is 0 Å². The Morgan fingerprint density at radius 3 is 1.97 bits per heavy atom. The maximum Gasteiger partial charge on any atom is 0.327 e. The van der Waals surface area contributed by atoms with Gasteiger partial charge in [0.2, 0.25) is 0 Å². The first-order valence-corrected chi connectivity index (χ1v) is 13.5. The molecule has 1 aliphatic heterocycles. The predicted molar refractivity (Wildman–Crippen MR) is 128 cm³/mol. The van der Waals surface area contributed by atoms with E-state index in [9.17, 15) is 4.57 Å². The van der Waals surface area contributed by atoms with Gasteiger partial charge in [-0.15, -0.1) is 0 Å².